The molecule has 2 aromatic carbocycles. The average molecular weight is 339 g/mol. The Morgan fingerprint density at radius 2 is 1.84 bits per heavy atom. The standard InChI is InChI=1S/C21H25NO3/c1-16-4-6-17(7-5-16)13-21(23)22-14-18-8-10-19(11-9-18)25-15-20-3-2-12-24-20/h4-11,20H,2-3,12-15H2,1H3,(H,22,23). The van der Waals surface area contributed by atoms with Gasteiger partial charge in [0.05, 0.1) is 12.5 Å². The Morgan fingerprint density at radius 3 is 2.52 bits per heavy atom. The summed E-state index contributed by atoms with van der Waals surface area (Å²) in [5, 5.41) is 2.96. The molecule has 0 aliphatic carbocycles. The summed E-state index contributed by atoms with van der Waals surface area (Å²) < 4.78 is 11.3. The molecule has 3 rings (SSSR count). The Bertz CT molecular complexity index is 673. The van der Waals surface area contributed by atoms with Gasteiger partial charge < -0.3 is 14.8 Å². The van der Waals surface area contributed by atoms with Crippen molar-refractivity contribution in [2.45, 2.75) is 38.8 Å². The minimum Gasteiger partial charge on any atom is -0.491 e. The fraction of sp³-hybridized carbons (Fsp3) is 0.381. The van der Waals surface area contributed by atoms with Crippen LogP contribution in [0.5, 0.6) is 5.75 Å². The first kappa shape index (κ1) is 17.5. The molecule has 1 heterocycles. The van der Waals surface area contributed by atoms with Gasteiger partial charge in [0.1, 0.15) is 12.4 Å². The van der Waals surface area contributed by atoms with Gasteiger partial charge in [-0.15, -0.1) is 0 Å². The van der Waals surface area contributed by atoms with E-state index in [1.807, 2.05) is 55.5 Å². The lowest BCUT2D eigenvalue weighted by Crippen LogP contribution is -2.24. The van der Waals surface area contributed by atoms with E-state index in [1.54, 1.807) is 0 Å². The summed E-state index contributed by atoms with van der Waals surface area (Å²) >= 11 is 0. The van der Waals surface area contributed by atoms with E-state index in [0.29, 0.717) is 19.6 Å². The first-order chi connectivity index (χ1) is 12.2. The van der Waals surface area contributed by atoms with Crippen LogP contribution in [0.4, 0.5) is 0 Å². The van der Waals surface area contributed by atoms with Gasteiger partial charge in [-0.1, -0.05) is 42.0 Å². The van der Waals surface area contributed by atoms with Crippen molar-refractivity contribution in [2.75, 3.05) is 13.2 Å². The van der Waals surface area contributed by atoms with Crippen LogP contribution in [0.25, 0.3) is 0 Å². The maximum absolute atomic E-state index is 12.0. The van der Waals surface area contributed by atoms with E-state index in [4.69, 9.17) is 9.47 Å². The zero-order valence-corrected chi connectivity index (χ0v) is 14.7. The number of hydrogen-bond acceptors (Lipinski definition) is 3. The first-order valence-corrected chi connectivity index (χ1v) is 8.84. The van der Waals surface area contributed by atoms with Crippen molar-refractivity contribution in [2.24, 2.45) is 0 Å². The Labute approximate surface area is 149 Å². The summed E-state index contributed by atoms with van der Waals surface area (Å²) in [5.41, 5.74) is 3.29. The smallest absolute Gasteiger partial charge is 0.224 e. The summed E-state index contributed by atoms with van der Waals surface area (Å²) in [6.45, 7) is 4.01. The molecule has 25 heavy (non-hydrogen) atoms. The van der Waals surface area contributed by atoms with Gasteiger partial charge in [-0.2, -0.15) is 0 Å². The van der Waals surface area contributed by atoms with Gasteiger partial charge in [-0.25, -0.2) is 0 Å². The number of ether oxygens (including phenoxy) is 2. The van der Waals surface area contributed by atoms with Gasteiger partial charge in [-0.3, -0.25) is 4.79 Å². The molecule has 0 bridgehead atoms. The second kappa shape index (κ2) is 8.67. The molecule has 0 radical (unpaired) electrons. The molecule has 132 valence electrons. The molecule has 1 aliphatic heterocycles. The molecule has 4 nitrogen and oxygen atoms in total. The van der Waals surface area contributed by atoms with Crippen LogP contribution >= 0.6 is 0 Å². The third-order valence-electron chi connectivity index (χ3n) is 4.36. The third kappa shape index (κ3) is 5.61. The van der Waals surface area contributed by atoms with Crippen LogP contribution < -0.4 is 10.1 Å². The van der Waals surface area contributed by atoms with Gasteiger partial charge in [0.15, 0.2) is 0 Å². The van der Waals surface area contributed by atoms with Gasteiger partial charge in [0.25, 0.3) is 0 Å². The summed E-state index contributed by atoms with van der Waals surface area (Å²) in [6.07, 6.45) is 2.82. The van der Waals surface area contributed by atoms with Gasteiger partial charge in [0.2, 0.25) is 5.91 Å². The quantitative estimate of drug-likeness (QED) is 0.841. The number of hydrogen-bond donors (Lipinski definition) is 1. The number of carbonyl (C=O) groups is 1. The molecule has 0 aromatic heterocycles. The van der Waals surface area contributed by atoms with Gasteiger partial charge >= 0.3 is 0 Å². The molecule has 4 heteroatoms. The lowest BCUT2D eigenvalue weighted by molar-refractivity contribution is -0.120. The van der Waals surface area contributed by atoms with Crippen LogP contribution in [-0.2, 0) is 22.5 Å². The number of aryl methyl sites for hydroxylation is 1. The minimum atomic E-state index is 0.0301. The molecule has 1 amide bonds. The number of benzene rings is 2. The fourth-order valence-corrected chi connectivity index (χ4v) is 2.82. The molecule has 1 N–H and O–H groups in total. The van der Waals surface area contributed by atoms with E-state index in [1.165, 1.54) is 5.56 Å². The molecule has 1 saturated heterocycles. The Kier molecular flexibility index (Phi) is 6.07. The van der Waals surface area contributed by atoms with E-state index in [2.05, 4.69) is 5.32 Å². The molecule has 2 aromatic rings. The monoisotopic (exact) mass is 339 g/mol. The highest BCUT2D eigenvalue weighted by Gasteiger charge is 2.15. The predicted octanol–water partition coefficient (Wildman–Crippen LogP) is 3.41. The van der Waals surface area contributed by atoms with Crippen LogP contribution in [0.15, 0.2) is 48.5 Å². The second-order valence-corrected chi connectivity index (χ2v) is 6.53. The number of rotatable bonds is 7. The predicted molar refractivity (Wildman–Crippen MR) is 97.6 cm³/mol. The summed E-state index contributed by atoms with van der Waals surface area (Å²) in [4.78, 5) is 12.0. The molecule has 1 unspecified atom stereocenters. The minimum absolute atomic E-state index is 0.0301. The maximum atomic E-state index is 12.0. The van der Waals surface area contributed by atoms with Crippen molar-refractivity contribution >= 4 is 5.91 Å². The molecule has 1 fully saturated rings. The van der Waals surface area contributed by atoms with E-state index < -0.39 is 0 Å². The van der Waals surface area contributed by atoms with Gasteiger partial charge in [-0.05, 0) is 43.0 Å². The topological polar surface area (TPSA) is 47.6 Å². The average Bonchev–Trinajstić information content (AvgIpc) is 3.15. The first-order valence-electron chi connectivity index (χ1n) is 8.84. The van der Waals surface area contributed by atoms with Gasteiger partial charge in [0, 0.05) is 13.2 Å². The lowest BCUT2D eigenvalue weighted by atomic mass is 10.1. The molecular formula is C21H25NO3. The number of nitrogens with one attached hydrogen (secondary N) is 1. The maximum Gasteiger partial charge on any atom is 0.224 e. The number of carbonyl (C=O) groups excluding carboxylic acids is 1. The zero-order valence-electron chi connectivity index (χ0n) is 14.7. The van der Waals surface area contributed by atoms with Crippen molar-refractivity contribution in [1.29, 1.82) is 0 Å². The Balaban J connectivity index is 1.41. The highest BCUT2D eigenvalue weighted by atomic mass is 16.5. The molecular weight excluding hydrogens is 314 g/mol. The largest absolute Gasteiger partial charge is 0.491 e. The normalized spacial score (nSPS) is 16.6. The second-order valence-electron chi connectivity index (χ2n) is 6.53. The van der Waals surface area contributed by atoms with Crippen LogP contribution in [0.3, 0.4) is 0 Å². The Morgan fingerprint density at radius 1 is 1.12 bits per heavy atom. The van der Waals surface area contributed by atoms with Crippen molar-refractivity contribution in [3.05, 3.63) is 65.2 Å². The molecule has 1 atom stereocenters. The zero-order chi connectivity index (χ0) is 17.5. The van der Waals surface area contributed by atoms with Crippen molar-refractivity contribution in [3.8, 4) is 5.75 Å². The summed E-state index contributed by atoms with van der Waals surface area (Å²) in [5.74, 6) is 0.868. The van der Waals surface area contributed by atoms with Crippen LogP contribution in [0.2, 0.25) is 0 Å². The van der Waals surface area contributed by atoms with E-state index >= 15 is 0 Å². The van der Waals surface area contributed by atoms with E-state index in [-0.39, 0.29) is 12.0 Å². The van der Waals surface area contributed by atoms with Crippen LogP contribution in [-0.4, -0.2) is 25.2 Å². The van der Waals surface area contributed by atoms with E-state index in [9.17, 15) is 4.79 Å². The summed E-state index contributed by atoms with van der Waals surface area (Å²) in [6, 6.07) is 15.9. The van der Waals surface area contributed by atoms with Crippen LogP contribution in [0.1, 0.15) is 29.5 Å². The highest BCUT2D eigenvalue weighted by Crippen LogP contribution is 2.16. The molecule has 1 aliphatic rings. The highest BCUT2D eigenvalue weighted by molar-refractivity contribution is 5.78. The molecule has 0 spiro atoms. The summed E-state index contributed by atoms with van der Waals surface area (Å²) in [7, 11) is 0. The molecule has 0 saturated carbocycles. The third-order valence-corrected chi connectivity index (χ3v) is 4.36. The van der Waals surface area contributed by atoms with Crippen molar-refractivity contribution in [3.63, 3.8) is 0 Å². The SMILES string of the molecule is Cc1ccc(CC(=O)NCc2ccc(OCC3CCCO3)cc2)cc1. The fourth-order valence-electron chi connectivity index (χ4n) is 2.82. The van der Waals surface area contributed by atoms with Crippen LogP contribution in [0, 0.1) is 6.92 Å². The van der Waals surface area contributed by atoms with Crippen molar-refractivity contribution < 1.29 is 14.3 Å². The van der Waals surface area contributed by atoms with E-state index in [0.717, 1.165) is 36.3 Å². The Hall–Kier alpha value is -2.33. The van der Waals surface area contributed by atoms with Crippen molar-refractivity contribution in [1.82, 2.24) is 5.32 Å². The lowest BCUT2D eigenvalue weighted by Gasteiger charge is -2.12. The number of amides is 1.